The first-order valence-electron chi connectivity index (χ1n) is 9.68. The van der Waals surface area contributed by atoms with Crippen molar-refractivity contribution in [3.63, 3.8) is 0 Å². The molecule has 24 heavy (non-hydrogen) atoms. The normalized spacial score (nSPS) is 22.2. The average molecular weight is 344 g/mol. The molecular weight excluding hydrogens is 302 g/mol. The van der Waals surface area contributed by atoms with Crippen LogP contribution in [0.2, 0.25) is 0 Å². The van der Waals surface area contributed by atoms with Crippen LogP contribution in [0.15, 0.2) is 0 Å². The molecule has 0 radical (unpaired) electrons. The zero-order valence-electron chi connectivity index (χ0n) is 15.9. The maximum atomic E-state index is 11.9. The van der Waals surface area contributed by atoms with Gasteiger partial charge in [0.15, 0.2) is 0 Å². The predicted molar refractivity (Wildman–Crippen MR) is 103 cm³/mol. The fourth-order valence-electron chi connectivity index (χ4n) is 3.73. The lowest BCUT2D eigenvalue weighted by atomic mass is 9.95. The number of likely N-dealkylation sites (tertiary alicyclic amines) is 1. The standard InChI is InChI=1S/C18H37N5O.2H2/c1-16(2)23-8-4-17(5-9-23)14-21-10-12-22(13-11-21)15-18(24)20-7-6-19-3;;/h16-17,19H,4-15H2,1-3H3,(H,20,24);2*1H. The molecule has 2 heterocycles. The number of amides is 1. The molecule has 0 saturated carbocycles. The first-order chi connectivity index (χ1) is 11.6. The van der Waals surface area contributed by atoms with E-state index in [2.05, 4.69) is 39.2 Å². The lowest BCUT2D eigenvalue weighted by Gasteiger charge is -2.39. The Labute approximate surface area is 150 Å². The molecule has 0 atom stereocenters. The van der Waals surface area contributed by atoms with Crippen molar-refractivity contribution >= 4 is 5.91 Å². The highest BCUT2D eigenvalue weighted by molar-refractivity contribution is 5.78. The summed E-state index contributed by atoms with van der Waals surface area (Å²) in [5.74, 6) is 1.01. The zero-order valence-corrected chi connectivity index (χ0v) is 15.9. The summed E-state index contributed by atoms with van der Waals surface area (Å²) in [5, 5.41) is 6.00. The van der Waals surface area contributed by atoms with E-state index in [4.69, 9.17) is 0 Å². The van der Waals surface area contributed by atoms with Gasteiger partial charge in [0, 0.05) is 54.7 Å². The Bertz CT molecular complexity index is 371. The van der Waals surface area contributed by atoms with Crippen LogP contribution in [0.25, 0.3) is 0 Å². The number of hydrogen-bond acceptors (Lipinski definition) is 5. The first-order valence-corrected chi connectivity index (χ1v) is 9.68. The molecule has 2 N–H and O–H groups in total. The number of nitrogens with zero attached hydrogens (tertiary/aromatic N) is 3. The van der Waals surface area contributed by atoms with Crippen molar-refractivity contribution in [3.8, 4) is 0 Å². The largest absolute Gasteiger partial charge is 0.354 e. The van der Waals surface area contributed by atoms with E-state index in [1.54, 1.807) is 0 Å². The van der Waals surface area contributed by atoms with Crippen molar-refractivity contribution in [2.75, 3.05) is 72.5 Å². The second-order valence-corrected chi connectivity index (χ2v) is 7.60. The van der Waals surface area contributed by atoms with Gasteiger partial charge in [-0.05, 0) is 52.7 Å². The van der Waals surface area contributed by atoms with E-state index in [9.17, 15) is 4.79 Å². The van der Waals surface area contributed by atoms with Crippen LogP contribution in [0.4, 0.5) is 0 Å². The Balaban J connectivity index is 0.00000312. The van der Waals surface area contributed by atoms with Gasteiger partial charge in [0.1, 0.15) is 0 Å². The fraction of sp³-hybridized carbons (Fsp3) is 0.944. The molecule has 0 aromatic rings. The van der Waals surface area contributed by atoms with E-state index in [-0.39, 0.29) is 8.76 Å². The maximum absolute atomic E-state index is 11.9. The third-order valence-electron chi connectivity index (χ3n) is 5.43. The van der Waals surface area contributed by atoms with E-state index >= 15 is 0 Å². The number of piperidine rings is 1. The fourth-order valence-corrected chi connectivity index (χ4v) is 3.73. The maximum Gasteiger partial charge on any atom is 0.234 e. The molecule has 2 saturated heterocycles. The van der Waals surface area contributed by atoms with Crippen LogP contribution < -0.4 is 10.6 Å². The average Bonchev–Trinajstić information content (AvgIpc) is 2.57. The van der Waals surface area contributed by atoms with E-state index < -0.39 is 0 Å². The minimum atomic E-state index is 0. The van der Waals surface area contributed by atoms with Crippen LogP contribution in [0.1, 0.15) is 29.5 Å². The second kappa shape index (κ2) is 10.3. The predicted octanol–water partition coefficient (Wildman–Crippen LogP) is 0.552. The van der Waals surface area contributed by atoms with Gasteiger partial charge < -0.3 is 20.4 Å². The van der Waals surface area contributed by atoms with Crippen LogP contribution in [0.5, 0.6) is 0 Å². The van der Waals surface area contributed by atoms with Crippen molar-refractivity contribution in [1.82, 2.24) is 25.3 Å². The minimum Gasteiger partial charge on any atom is -0.354 e. The topological polar surface area (TPSA) is 50.9 Å². The molecule has 0 aromatic heterocycles. The summed E-state index contributed by atoms with van der Waals surface area (Å²) in [7, 11) is 1.90. The summed E-state index contributed by atoms with van der Waals surface area (Å²) < 4.78 is 0. The summed E-state index contributed by atoms with van der Waals surface area (Å²) in [6, 6.07) is 0.689. The number of rotatable bonds is 8. The van der Waals surface area contributed by atoms with Crippen LogP contribution in [0.3, 0.4) is 0 Å². The molecule has 144 valence electrons. The Hall–Kier alpha value is -0.690. The molecule has 2 aliphatic heterocycles. The van der Waals surface area contributed by atoms with Gasteiger partial charge in [0.05, 0.1) is 6.54 Å². The summed E-state index contributed by atoms with van der Waals surface area (Å²) >= 11 is 0. The zero-order chi connectivity index (χ0) is 17.4. The summed E-state index contributed by atoms with van der Waals surface area (Å²) in [5.41, 5.74) is 0. The minimum absolute atomic E-state index is 0. The molecule has 0 unspecified atom stereocenters. The highest BCUT2D eigenvalue weighted by Gasteiger charge is 2.25. The van der Waals surface area contributed by atoms with Gasteiger partial charge in [-0.1, -0.05) is 0 Å². The van der Waals surface area contributed by atoms with Gasteiger partial charge in [0.2, 0.25) is 5.91 Å². The second-order valence-electron chi connectivity index (χ2n) is 7.60. The van der Waals surface area contributed by atoms with Crippen molar-refractivity contribution in [2.24, 2.45) is 5.92 Å². The number of carbonyl (C=O) groups excluding carboxylic acids is 1. The smallest absolute Gasteiger partial charge is 0.234 e. The van der Waals surface area contributed by atoms with Crippen molar-refractivity contribution < 1.29 is 7.65 Å². The van der Waals surface area contributed by atoms with E-state index in [0.29, 0.717) is 19.1 Å². The van der Waals surface area contributed by atoms with E-state index in [1.165, 1.54) is 32.5 Å². The lowest BCUT2D eigenvalue weighted by molar-refractivity contribution is -0.122. The number of likely N-dealkylation sites (N-methyl/N-ethyl adjacent to an activating group) is 1. The van der Waals surface area contributed by atoms with Gasteiger partial charge in [-0.15, -0.1) is 0 Å². The van der Waals surface area contributed by atoms with Crippen LogP contribution >= 0.6 is 0 Å². The summed E-state index contributed by atoms with van der Waals surface area (Å²) in [6.45, 7) is 14.7. The van der Waals surface area contributed by atoms with Crippen LogP contribution in [-0.2, 0) is 4.79 Å². The Kier molecular flexibility index (Phi) is 8.45. The Morgan fingerprint density at radius 1 is 1.04 bits per heavy atom. The van der Waals surface area contributed by atoms with Crippen LogP contribution in [-0.4, -0.2) is 99.1 Å². The van der Waals surface area contributed by atoms with Gasteiger partial charge in [-0.2, -0.15) is 0 Å². The summed E-state index contributed by atoms with van der Waals surface area (Å²) in [6.07, 6.45) is 2.68. The van der Waals surface area contributed by atoms with Gasteiger partial charge in [-0.3, -0.25) is 9.69 Å². The third-order valence-corrected chi connectivity index (χ3v) is 5.43. The molecule has 1 amide bonds. The first kappa shape index (κ1) is 19.6. The van der Waals surface area contributed by atoms with E-state index in [1.807, 2.05) is 7.05 Å². The third kappa shape index (κ3) is 6.67. The van der Waals surface area contributed by atoms with Gasteiger partial charge in [0.25, 0.3) is 0 Å². The van der Waals surface area contributed by atoms with Gasteiger partial charge >= 0.3 is 0 Å². The molecule has 6 nitrogen and oxygen atoms in total. The van der Waals surface area contributed by atoms with Crippen molar-refractivity contribution in [1.29, 1.82) is 0 Å². The highest BCUT2D eigenvalue weighted by atomic mass is 16.2. The lowest BCUT2D eigenvalue weighted by Crippen LogP contribution is -2.51. The number of nitrogens with one attached hydrogen (secondary N) is 2. The summed E-state index contributed by atoms with van der Waals surface area (Å²) in [4.78, 5) is 19.4. The monoisotopic (exact) mass is 343 g/mol. The molecule has 2 aliphatic rings. The van der Waals surface area contributed by atoms with E-state index in [0.717, 1.165) is 38.6 Å². The number of piperazine rings is 1. The number of hydrogen-bond donors (Lipinski definition) is 2. The van der Waals surface area contributed by atoms with Crippen molar-refractivity contribution in [2.45, 2.75) is 32.7 Å². The van der Waals surface area contributed by atoms with Crippen molar-refractivity contribution in [3.05, 3.63) is 0 Å². The quantitative estimate of drug-likeness (QED) is 0.631. The highest BCUT2D eigenvalue weighted by Crippen LogP contribution is 2.20. The molecule has 0 aliphatic carbocycles. The molecule has 0 spiro atoms. The SMILES string of the molecule is CNCCNC(=O)CN1CCN(CC2CCN(C(C)C)CC2)CC1.[HH].[HH]. The Morgan fingerprint density at radius 3 is 2.25 bits per heavy atom. The molecular formula is C18H41N5O. The molecule has 0 aromatic carbocycles. The number of carbonyl (C=O) groups is 1. The molecule has 2 rings (SSSR count). The molecule has 0 bridgehead atoms. The van der Waals surface area contributed by atoms with Gasteiger partial charge in [-0.25, -0.2) is 0 Å². The Morgan fingerprint density at radius 2 is 1.67 bits per heavy atom. The van der Waals surface area contributed by atoms with Crippen LogP contribution in [0, 0.1) is 5.92 Å². The molecule has 2 fully saturated rings. The molecule has 6 heteroatoms.